The standard InChI is InChI=1S/C23H24N6O2S4/c1-5-31-26-17(20-24-14(3)35-27-20)10-16-21(30)29-13(2)19(12-32-22(16)29)34-23-25-18(11-33-23)15-6-8-28(4)9-7-15/h6-9,11,16,22H,2,5,10,12H2,1,3-4H3/b26-17-. The zero-order valence-electron chi connectivity index (χ0n) is 19.5. The average molecular weight is 545 g/mol. The lowest BCUT2D eigenvalue weighted by Crippen LogP contribution is -2.61. The van der Waals surface area contributed by atoms with Crippen LogP contribution < -0.4 is 4.57 Å². The number of amides is 1. The predicted molar refractivity (Wildman–Crippen MR) is 141 cm³/mol. The van der Waals surface area contributed by atoms with Gasteiger partial charge in [-0.25, -0.2) is 21.1 Å². The van der Waals surface area contributed by atoms with Crippen LogP contribution >= 0.6 is 46.4 Å². The molecule has 0 aromatic carbocycles. The van der Waals surface area contributed by atoms with Crippen molar-refractivity contribution in [3.63, 3.8) is 0 Å². The van der Waals surface area contributed by atoms with Crippen LogP contribution in [0.5, 0.6) is 0 Å². The summed E-state index contributed by atoms with van der Waals surface area (Å²) in [5, 5.41) is 8.24. The second kappa shape index (κ2) is 10.3. The number of carbonyl (C=O) groups is 1. The Morgan fingerprint density at radius 3 is 2.91 bits per heavy atom. The van der Waals surface area contributed by atoms with Crippen molar-refractivity contribution in [2.45, 2.75) is 30.0 Å². The van der Waals surface area contributed by atoms with E-state index < -0.39 is 0 Å². The van der Waals surface area contributed by atoms with E-state index in [0.717, 1.165) is 37.3 Å². The highest BCUT2D eigenvalue weighted by atomic mass is 32.2. The molecule has 0 bridgehead atoms. The predicted octanol–water partition coefficient (Wildman–Crippen LogP) is 4.29. The molecule has 1 amide bonds. The summed E-state index contributed by atoms with van der Waals surface area (Å²) < 4.78 is 7.31. The molecule has 0 aliphatic carbocycles. The molecule has 0 spiro atoms. The van der Waals surface area contributed by atoms with E-state index in [1.54, 1.807) is 34.9 Å². The van der Waals surface area contributed by atoms with E-state index in [-0.39, 0.29) is 17.2 Å². The van der Waals surface area contributed by atoms with Crippen LogP contribution in [0.15, 0.2) is 51.7 Å². The number of oxime groups is 1. The fourth-order valence-electron chi connectivity index (χ4n) is 3.81. The third kappa shape index (κ3) is 4.97. The number of carbonyl (C=O) groups excluding carboxylic acids is 1. The third-order valence-electron chi connectivity index (χ3n) is 5.62. The Bertz CT molecular complexity index is 1270. The lowest BCUT2D eigenvalue weighted by molar-refractivity contribution is -0.671. The Balaban J connectivity index is 1.24. The topological polar surface area (TPSA) is 84.5 Å². The zero-order valence-corrected chi connectivity index (χ0v) is 22.8. The van der Waals surface area contributed by atoms with Crippen molar-refractivity contribution < 1.29 is 14.2 Å². The summed E-state index contributed by atoms with van der Waals surface area (Å²) >= 11 is 6.28. The average Bonchev–Trinajstić information content (AvgIpc) is 3.50. The minimum atomic E-state index is -0.197. The van der Waals surface area contributed by atoms with E-state index in [9.17, 15) is 4.79 Å². The van der Waals surface area contributed by atoms with E-state index >= 15 is 0 Å². The van der Waals surface area contributed by atoms with Crippen LogP contribution in [0.4, 0.5) is 0 Å². The molecule has 5 rings (SSSR count). The Labute approximate surface area is 220 Å². The molecule has 2 aliphatic heterocycles. The van der Waals surface area contributed by atoms with E-state index in [1.807, 2.05) is 42.8 Å². The van der Waals surface area contributed by atoms with Crippen molar-refractivity contribution in [2.75, 3.05) is 12.4 Å². The first-order valence-electron chi connectivity index (χ1n) is 11.0. The van der Waals surface area contributed by atoms with E-state index in [1.165, 1.54) is 11.5 Å². The molecule has 2 aliphatic rings. The molecular weight excluding hydrogens is 521 g/mol. The number of thiazole rings is 1. The van der Waals surface area contributed by atoms with Gasteiger partial charge < -0.3 is 9.74 Å². The third-order valence-corrected chi connectivity index (χ3v) is 9.83. The molecule has 5 heterocycles. The smallest absolute Gasteiger partial charge is 0.231 e. The molecule has 3 aromatic rings. The van der Waals surface area contributed by atoms with Crippen molar-refractivity contribution >= 4 is 58.0 Å². The zero-order chi connectivity index (χ0) is 24.5. The number of hydrogen-bond acceptors (Lipinski definition) is 10. The van der Waals surface area contributed by atoms with Crippen LogP contribution in [0, 0.1) is 18.1 Å². The van der Waals surface area contributed by atoms with Gasteiger partial charge in [0, 0.05) is 29.5 Å². The monoisotopic (exact) mass is 544 g/mol. The van der Waals surface area contributed by atoms with Gasteiger partial charge in [0.2, 0.25) is 5.91 Å². The van der Waals surface area contributed by atoms with Gasteiger partial charge in [0.1, 0.15) is 28.7 Å². The van der Waals surface area contributed by atoms with Crippen molar-refractivity contribution in [1.29, 1.82) is 0 Å². The number of hydrogen-bond donors (Lipinski definition) is 0. The molecule has 8 nitrogen and oxygen atoms in total. The Hall–Kier alpha value is -2.41. The molecule has 2 fully saturated rings. The molecule has 2 atom stereocenters. The van der Waals surface area contributed by atoms with Gasteiger partial charge in [-0.2, -0.15) is 16.1 Å². The van der Waals surface area contributed by atoms with Gasteiger partial charge in [0.25, 0.3) is 0 Å². The fourth-order valence-corrected chi connectivity index (χ4v) is 7.81. The van der Waals surface area contributed by atoms with Gasteiger partial charge >= 0.3 is 0 Å². The van der Waals surface area contributed by atoms with Crippen LogP contribution in [0.1, 0.15) is 24.2 Å². The van der Waals surface area contributed by atoms with Crippen LogP contribution in [0.2, 0.25) is 0 Å². The summed E-state index contributed by atoms with van der Waals surface area (Å²) in [5.41, 5.74) is 3.43. The van der Waals surface area contributed by atoms with Gasteiger partial charge in [0.05, 0.1) is 17.0 Å². The molecule has 35 heavy (non-hydrogen) atoms. The Morgan fingerprint density at radius 1 is 1.40 bits per heavy atom. The van der Waals surface area contributed by atoms with Crippen molar-refractivity contribution in [3.05, 3.63) is 58.3 Å². The molecule has 12 heteroatoms. The highest BCUT2D eigenvalue weighted by Gasteiger charge is 2.50. The van der Waals surface area contributed by atoms with Crippen LogP contribution in [0.3, 0.4) is 0 Å². The minimum Gasteiger partial charge on any atom is -0.396 e. The first kappa shape index (κ1) is 24.3. The van der Waals surface area contributed by atoms with Gasteiger partial charge in [0.15, 0.2) is 18.2 Å². The van der Waals surface area contributed by atoms with Gasteiger partial charge in [-0.1, -0.05) is 5.16 Å². The summed E-state index contributed by atoms with van der Waals surface area (Å²) in [4.78, 5) is 29.5. The number of nitrogens with zero attached hydrogens (tertiary/aromatic N) is 6. The summed E-state index contributed by atoms with van der Waals surface area (Å²) in [6.45, 7) is 8.48. The van der Waals surface area contributed by atoms with Crippen molar-refractivity contribution in [1.82, 2.24) is 19.2 Å². The normalized spacial score (nSPS) is 20.1. The Morgan fingerprint density at radius 2 is 2.20 bits per heavy atom. The molecule has 0 N–H and O–H groups in total. The molecule has 3 aromatic heterocycles. The second-order valence-corrected chi connectivity index (χ2v) is 12.3. The van der Waals surface area contributed by atoms with Crippen LogP contribution in [0.25, 0.3) is 11.3 Å². The maximum atomic E-state index is 13.1. The molecule has 0 saturated carbocycles. The van der Waals surface area contributed by atoms with Crippen LogP contribution in [-0.4, -0.2) is 48.6 Å². The summed E-state index contributed by atoms with van der Waals surface area (Å²) in [5.74, 6) is 1.19. The van der Waals surface area contributed by atoms with Gasteiger partial charge in [-0.3, -0.25) is 4.79 Å². The molecule has 2 saturated heterocycles. The number of rotatable bonds is 8. The first-order chi connectivity index (χ1) is 16.9. The summed E-state index contributed by atoms with van der Waals surface area (Å²) in [7, 11) is 1.99. The van der Waals surface area contributed by atoms with Gasteiger partial charge in [-0.05, 0) is 31.1 Å². The maximum Gasteiger partial charge on any atom is 0.231 e. The van der Waals surface area contributed by atoms with Crippen molar-refractivity contribution in [3.8, 4) is 11.3 Å². The molecule has 0 radical (unpaired) electrons. The molecular formula is C23H24N6O2S4. The number of aromatic nitrogens is 4. The largest absolute Gasteiger partial charge is 0.396 e. The fraction of sp³-hybridized carbons (Fsp3) is 0.348. The van der Waals surface area contributed by atoms with E-state index in [2.05, 4.69) is 38.6 Å². The van der Waals surface area contributed by atoms with E-state index in [0.29, 0.717) is 24.6 Å². The summed E-state index contributed by atoms with van der Waals surface area (Å²) in [6.07, 6.45) is 4.47. The molecule has 2 unspecified atom stereocenters. The number of aryl methyl sites for hydroxylation is 2. The number of pyridine rings is 1. The highest BCUT2D eigenvalue weighted by molar-refractivity contribution is 8.06. The maximum absolute atomic E-state index is 13.1. The second-order valence-electron chi connectivity index (χ2n) is 8.04. The highest BCUT2D eigenvalue weighted by Crippen LogP contribution is 2.52. The molecule has 182 valence electrons. The van der Waals surface area contributed by atoms with Crippen molar-refractivity contribution in [2.24, 2.45) is 18.1 Å². The van der Waals surface area contributed by atoms with Crippen LogP contribution in [-0.2, 0) is 16.7 Å². The number of thioether (sulfide) groups is 2. The van der Waals surface area contributed by atoms with Gasteiger partial charge in [-0.15, -0.1) is 34.0 Å². The number of fused-ring (bicyclic) bond motifs is 1. The number of β-lactam (4-membered cyclic amide) rings is 1. The summed E-state index contributed by atoms with van der Waals surface area (Å²) in [6, 6.07) is 4.11. The lowest BCUT2D eigenvalue weighted by Gasteiger charge is -2.56. The SMILES string of the molecule is C=C1[C-](Sc2nc(-c3cc[n+](C)cc3)cs2)CSC2C(C/C(=N/OCC)c3nsc(C)n3)C(=O)N12. The minimum absolute atomic E-state index is 0.0304. The Kier molecular flexibility index (Phi) is 7.14. The quantitative estimate of drug-likeness (QED) is 0.137. The first-order valence-corrected chi connectivity index (χ1v) is 14.5. The lowest BCUT2D eigenvalue weighted by atomic mass is 9.90. The van der Waals surface area contributed by atoms with E-state index in [4.69, 9.17) is 9.82 Å².